The molecule has 4 aromatic rings. The highest BCUT2D eigenvalue weighted by Gasteiger charge is 2.27. The quantitative estimate of drug-likeness (QED) is 0.203. The van der Waals surface area contributed by atoms with Crippen molar-refractivity contribution in [1.82, 2.24) is 20.1 Å². The van der Waals surface area contributed by atoms with Crippen LogP contribution in [0, 0.1) is 0 Å². The molecule has 0 aliphatic carbocycles. The number of anilines is 1. The number of halogens is 1. The number of H-pyrrole nitrogens is 1. The van der Waals surface area contributed by atoms with Gasteiger partial charge in [-0.3, -0.25) is 14.5 Å². The maximum atomic E-state index is 13.6. The second-order valence-electron chi connectivity index (χ2n) is 12.3. The molecule has 1 fully saturated rings. The summed E-state index contributed by atoms with van der Waals surface area (Å²) in [4.78, 5) is 47.0. The first kappa shape index (κ1) is 32.8. The largest absolute Gasteiger partial charge is 0.492 e. The molecule has 1 aliphatic rings. The third kappa shape index (κ3) is 9.02. The zero-order chi connectivity index (χ0) is 32.7. The van der Waals surface area contributed by atoms with E-state index >= 15 is 0 Å². The summed E-state index contributed by atoms with van der Waals surface area (Å²) in [6.07, 6.45) is 1.39. The number of alkyl carbamates (subject to hydrolysis) is 1. The van der Waals surface area contributed by atoms with E-state index in [9.17, 15) is 14.4 Å². The molecule has 0 unspecified atom stereocenters. The molecule has 46 heavy (non-hydrogen) atoms. The van der Waals surface area contributed by atoms with E-state index in [0.717, 1.165) is 41.9 Å². The maximum Gasteiger partial charge on any atom is 0.408 e. The average molecular weight is 646 g/mol. The first-order valence-corrected chi connectivity index (χ1v) is 15.8. The van der Waals surface area contributed by atoms with Crippen LogP contribution in [0.5, 0.6) is 5.75 Å². The predicted octanol–water partition coefficient (Wildman–Crippen LogP) is 5.73. The third-order valence-corrected chi connectivity index (χ3v) is 7.88. The number of piperazine rings is 1. The Hall–Kier alpha value is -4.54. The van der Waals surface area contributed by atoms with Gasteiger partial charge in [0, 0.05) is 72.5 Å². The van der Waals surface area contributed by atoms with Crippen molar-refractivity contribution in [2.45, 2.75) is 38.8 Å². The lowest BCUT2D eigenvalue weighted by Gasteiger charge is -2.34. The van der Waals surface area contributed by atoms with Crippen LogP contribution in [0.4, 0.5) is 10.5 Å². The Balaban J connectivity index is 1.18. The van der Waals surface area contributed by atoms with Crippen LogP contribution in [0.1, 0.15) is 36.7 Å². The van der Waals surface area contributed by atoms with Crippen LogP contribution in [0.15, 0.2) is 79.0 Å². The second kappa shape index (κ2) is 14.7. The second-order valence-corrected chi connectivity index (χ2v) is 12.7. The van der Waals surface area contributed by atoms with Crippen LogP contribution in [0.25, 0.3) is 10.9 Å². The Labute approximate surface area is 274 Å². The van der Waals surface area contributed by atoms with Crippen LogP contribution in [-0.2, 0) is 16.0 Å². The SMILES string of the molecule is CC(C)(C)OC(=O)N[C@@H](Cc1c[nH]c2ccccc12)C(=O)Nc1cccc(C(=O)N2CCN(CCOc3ccc(Cl)cc3)CC2)c1. The summed E-state index contributed by atoms with van der Waals surface area (Å²) >= 11 is 5.93. The van der Waals surface area contributed by atoms with E-state index < -0.39 is 23.6 Å². The molecule has 242 valence electrons. The molecule has 1 aliphatic heterocycles. The minimum absolute atomic E-state index is 0.101. The van der Waals surface area contributed by atoms with Crippen molar-refractivity contribution in [1.29, 1.82) is 0 Å². The number of fused-ring (bicyclic) bond motifs is 1. The van der Waals surface area contributed by atoms with Gasteiger partial charge in [0.2, 0.25) is 5.91 Å². The lowest BCUT2D eigenvalue weighted by Crippen LogP contribution is -2.49. The van der Waals surface area contributed by atoms with Gasteiger partial charge in [-0.2, -0.15) is 0 Å². The van der Waals surface area contributed by atoms with Crippen LogP contribution in [0.2, 0.25) is 5.02 Å². The fourth-order valence-electron chi connectivity index (χ4n) is 5.32. The number of benzene rings is 3. The molecule has 1 atom stereocenters. The van der Waals surface area contributed by atoms with Crippen molar-refractivity contribution in [3.8, 4) is 5.75 Å². The van der Waals surface area contributed by atoms with Crippen molar-refractivity contribution in [2.75, 3.05) is 44.6 Å². The number of ether oxygens (including phenoxy) is 2. The number of carbonyl (C=O) groups is 3. The number of hydrogen-bond acceptors (Lipinski definition) is 6. The number of nitrogens with one attached hydrogen (secondary N) is 3. The van der Waals surface area contributed by atoms with Crippen molar-refractivity contribution < 1.29 is 23.9 Å². The van der Waals surface area contributed by atoms with Crippen molar-refractivity contribution >= 4 is 46.1 Å². The number of carbonyl (C=O) groups excluding carboxylic acids is 3. The third-order valence-electron chi connectivity index (χ3n) is 7.63. The van der Waals surface area contributed by atoms with Crippen molar-refractivity contribution in [2.24, 2.45) is 0 Å². The maximum absolute atomic E-state index is 13.6. The van der Waals surface area contributed by atoms with Gasteiger partial charge in [-0.1, -0.05) is 35.9 Å². The molecule has 3 N–H and O–H groups in total. The molecule has 0 saturated carbocycles. The van der Waals surface area contributed by atoms with Gasteiger partial charge in [-0.05, 0) is 74.9 Å². The van der Waals surface area contributed by atoms with Gasteiger partial charge in [-0.15, -0.1) is 0 Å². The molecule has 0 bridgehead atoms. The lowest BCUT2D eigenvalue weighted by atomic mass is 10.0. The van der Waals surface area contributed by atoms with Crippen LogP contribution in [0.3, 0.4) is 0 Å². The number of aromatic nitrogens is 1. The molecular weight excluding hydrogens is 606 g/mol. The summed E-state index contributed by atoms with van der Waals surface area (Å²) in [5.74, 6) is 0.251. The molecule has 3 amide bonds. The Morgan fingerprint density at radius 1 is 0.957 bits per heavy atom. The highest BCUT2D eigenvalue weighted by molar-refractivity contribution is 6.30. The Morgan fingerprint density at radius 2 is 1.70 bits per heavy atom. The standard InChI is InChI=1S/C35H40ClN5O5/c1-35(2,3)46-34(44)39-31(22-25-23-37-30-10-5-4-9-29(25)30)32(42)38-27-8-6-7-24(21-27)33(43)41-17-15-40(16-18-41)19-20-45-28-13-11-26(36)12-14-28/h4-14,21,23,31,37H,15-20,22H2,1-3H3,(H,38,42)(H,39,44)/t31-/m0/s1. The monoisotopic (exact) mass is 645 g/mol. The predicted molar refractivity (Wildman–Crippen MR) is 180 cm³/mol. The summed E-state index contributed by atoms with van der Waals surface area (Å²) in [6, 6.07) is 21.0. The Bertz CT molecular complexity index is 1660. The van der Waals surface area contributed by atoms with E-state index in [1.54, 1.807) is 57.2 Å². The van der Waals surface area contributed by atoms with Gasteiger partial charge in [0.1, 0.15) is 24.0 Å². The van der Waals surface area contributed by atoms with Crippen molar-refractivity contribution in [3.05, 3.63) is 95.1 Å². The van der Waals surface area contributed by atoms with E-state index in [0.29, 0.717) is 36.0 Å². The van der Waals surface area contributed by atoms with Crippen LogP contribution >= 0.6 is 11.6 Å². The summed E-state index contributed by atoms with van der Waals surface area (Å²) < 4.78 is 11.3. The molecular formula is C35H40ClN5O5. The lowest BCUT2D eigenvalue weighted by molar-refractivity contribution is -0.118. The topological polar surface area (TPSA) is 116 Å². The number of amides is 3. The zero-order valence-corrected chi connectivity index (χ0v) is 27.1. The van der Waals surface area contributed by atoms with Gasteiger partial charge in [0.05, 0.1) is 0 Å². The van der Waals surface area contributed by atoms with E-state index in [2.05, 4.69) is 20.5 Å². The Kier molecular flexibility index (Phi) is 10.5. The van der Waals surface area contributed by atoms with Gasteiger partial charge in [-0.25, -0.2) is 4.79 Å². The molecule has 1 saturated heterocycles. The molecule has 0 radical (unpaired) electrons. The molecule has 5 rings (SSSR count). The number of hydrogen-bond donors (Lipinski definition) is 3. The van der Waals surface area contributed by atoms with Gasteiger partial charge in [0.25, 0.3) is 5.91 Å². The fraction of sp³-hybridized carbons (Fsp3) is 0.343. The minimum Gasteiger partial charge on any atom is -0.492 e. The normalized spacial score (nSPS) is 14.5. The Morgan fingerprint density at radius 3 is 2.43 bits per heavy atom. The first-order valence-electron chi connectivity index (χ1n) is 15.4. The van der Waals surface area contributed by atoms with Gasteiger partial charge < -0.3 is 30.0 Å². The van der Waals surface area contributed by atoms with Crippen LogP contribution < -0.4 is 15.4 Å². The molecule has 1 aromatic heterocycles. The van der Waals surface area contributed by atoms with Gasteiger partial charge in [0.15, 0.2) is 0 Å². The van der Waals surface area contributed by atoms with E-state index in [-0.39, 0.29) is 12.3 Å². The molecule has 3 aromatic carbocycles. The van der Waals surface area contributed by atoms with Crippen LogP contribution in [-0.4, -0.2) is 83.7 Å². The number of nitrogens with zero attached hydrogens (tertiary/aromatic N) is 2. The summed E-state index contributed by atoms with van der Waals surface area (Å²) in [5.41, 5.74) is 2.03. The molecule has 10 nitrogen and oxygen atoms in total. The average Bonchev–Trinajstić information content (AvgIpc) is 3.43. The smallest absolute Gasteiger partial charge is 0.408 e. The summed E-state index contributed by atoms with van der Waals surface area (Å²) in [6.45, 7) is 9.23. The highest BCUT2D eigenvalue weighted by Crippen LogP contribution is 2.21. The summed E-state index contributed by atoms with van der Waals surface area (Å²) in [5, 5.41) is 7.26. The fourth-order valence-corrected chi connectivity index (χ4v) is 5.45. The van der Waals surface area contributed by atoms with E-state index in [1.165, 1.54) is 0 Å². The first-order chi connectivity index (χ1) is 22.0. The molecule has 2 heterocycles. The number of aromatic amines is 1. The van der Waals surface area contributed by atoms with Crippen molar-refractivity contribution in [3.63, 3.8) is 0 Å². The summed E-state index contributed by atoms with van der Waals surface area (Å²) in [7, 11) is 0. The highest BCUT2D eigenvalue weighted by atomic mass is 35.5. The number of para-hydroxylation sites is 1. The van der Waals surface area contributed by atoms with E-state index in [4.69, 9.17) is 21.1 Å². The van der Waals surface area contributed by atoms with Gasteiger partial charge >= 0.3 is 6.09 Å². The number of rotatable bonds is 10. The molecule has 11 heteroatoms. The molecule has 0 spiro atoms. The minimum atomic E-state index is -0.926. The van der Waals surface area contributed by atoms with E-state index in [1.807, 2.05) is 47.5 Å². The zero-order valence-electron chi connectivity index (χ0n) is 26.3.